The Morgan fingerprint density at radius 2 is 1.26 bits per heavy atom. The molecule has 1 heterocycles. The second-order valence-corrected chi connectivity index (χ2v) is 6.53. The Morgan fingerprint density at radius 1 is 0.778 bits per heavy atom. The van der Waals surface area contributed by atoms with Crippen LogP contribution in [0.4, 0.5) is 0 Å². The van der Waals surface area contributed by atoms with Crippen molar-refractivity contribution in [3.8, 4) is 10.4 Å². The maximum absolute atomic E-state index is 12.8. The van der Waals surface area contributed by atoms with E-state index in [-0.39, 0.29) is 24.7 Å². The summed E-state index contributed by atoms with van der Waals surface area (Å²) in [6.07, 6.45) is 0. The zero-order valence-electron chi connectivity index (χ0n) is 15.5. The second-order valence-electron chi connectivity index (χ2n) is 5.44. The highest BCUT2D eigenvalue weighted by molar-refractivity contribution is 7.16. The average Bonchev–Trinajstić information content (AvgIpc) is 3.14. The van der Waals surface area contributed by atoms with Gasteiger partial charge in [-0.3, -0.25) is 0 Å². The molecule has 0 spiro atoms. The summed E-state index contributed by atoms with van der Waals surface area (Å²) < 4.78 is 15.2. The normalized spacial score (nSPS) is 10.9. The molecule has 6 nitrogen and oxygen atoms in total. The van der Waals surface area contributed by atoms with Gasteiger partial charge in [-0.25, -0.2) is 14.4 Å². The molecule has 0 aliphatic carbocycles. The van der Waals surface area contributed by atoms with Crippen LogP contribution in [0.2, 0.25) is 0 Å². The highest BCUT2D eigenvalue weighted by Crippen LogP contribution is 2.38. The first-order valence-electron chi connectivity index (χ1n) is 8.69. The van der Waals surface area contributed by atoms with Gasteiger partial charge in [0.1, 0.15) is 0 Å². The summed E-state index contributed by atoms with van der Waals surface area (Å²) in [5, 5.41) is 0. The van der Waals surface area contributed by atoms with E-state index in [4.69, 9.17) is 14.2 Å². The summed E-state index contributed by atoms with van der Waals surface area (Å²) in [6.45, 7) is 4.83. The number of rotatable bonds is 8. The van der Waals surface area contributed by atoms with Crippen molar-refractivity contribution < 1.29 is 28.6 Å². The molecule has 7 heteroatoms. The molecular weight excluding hydrogens is 368 g/mol. The number of thiophene rings is 1. The molecule has 1 aromatic carbocycles. The number of benzene rings is 1. The van der Waals surface area contributed by atoms with Gasteiger partial charge in [0.25, 0.3) is 5.41 Å². The van der Waals surface area contributed by atoms with Crippen molar-refractivity contribution in [2.24, 2.45) is 0 Å². The zero-order valence-corrected chi connectivity index (χ0v) is 16.3. The number of carbonyl (C=O) groups excluding carboxylic acids is 3. The zero-order chi connectivity index (χ0) is 19.9. The van der Waals surface area contributed by atoms with Crippen LogP contribution in [0.25, 0.3) is 10.4 Å². The fourth-order valence-corrected chi connectivity index (χ4v) is 3.73. The van der Waals surface area contributed by atoms with Gasteiger partial charge in [-0.15, -0.1) is 11.3 Å². The van der Waals surface area contributed by atoms with Crippen molar-refractivity contribution >= 4 is 29.2 Å². The third kappa shape index (κ3) is 4.03. The van der Waals surface area contributed by atoms with Gasteiger partial charge in [0.2, 0.25) is 0 Å². The lowest BCUT2D eigenvalue weighted by atomic mass is 9.86. The predicted molar refractivity (Wildman–Crippen MR) is 101 cm³/mol. The van der Waals surface area contributed by atoms with Crippen molar-refractivity contribution in [1.29, 1.82) is 0 Å². The molecule has 0 amide bonds. The molecule has 27 heavy (non-hydrogen) atoms. The van der Waals surface area contributed by atoms with Gasteiger partial charge in [-0.05, 0) is 38.5 Å². The molecule has 0 N–H and O–H groups in total. The fraction of sp³-hybridized carbons (Fsp3) is 0.350. The topological polar surface area (TPSA) is 78.9 Å². The van der Waals surface area contributed by atoms with Crippen molar-refractivity contribution in [3.05, 3.63) is 47.3 Å². The average molecular weight is 390 g/mol. The third-order valence-corrected chi connectivity index (χ3v) is 5.03. The van der Waals surface area contributed by atoms with E-state index in [2.05, 4.69) is 0 Å². The lowest BCUT2D eigenvalue weighted by molar-refractivity contribution is -0.175. The van der Waals surface area contributed by atoms with Crippen LogP contribution in [0.3, 0.4) is 0 Å². The SMILES string of the molecule is CCOC(=O)C(C(=O)OCC)(C(=O)OCC)c1ccc(-c2ccccc2)s1. The molecule has 1 aromatic heterocycles. The first-order chi connectivity index (χ1) is 13.0. The second kappa shape index (κ2) is 9.32. The summed E-state index contributed by atoms with van der Waals surface area (Å²) in [7, 11) is 0. The quantitative estimate of drug-likeness (QED) is 0.391. The first kappa shape index (κ1) is 20.6. The van der Waals surface area contributed by atoms with E-state index in [1.165, 1.54) is 0 Å². The minimum absolute atomic E-state index is 0.0102. The number of hydrogen-bond acceptors (Lipinski definition) is 7. The standard InChI is InChI=1S/C20H22O6S/c1-4-24-17(21)20(18(22)25-5-2,19(23)26-6-3)16-13-12-15(27-16)14-10-8-7-9-11-14/h7-13H,4-6H2,1-3H3. The highest BCUT2D eigenvalue weighted by atomic mass is 32.1. The van der Waals surface area contributed by atoms with Gasteiger partial charge in [-0.2, -0.15) is 0 Å². The lowest BCUT2D eigenvalue weighted by Gasteiger charge is -2.26. The van der Waals surface area contributed by atoms with Gasteiger partial charge in [0.05, 0.1) is 19.8 Å². The Morgan fingerprint density at radius 3 is 1.70 bits per heavy atom. The Balaban J connectivity index is 2.63. The third-order valence-electron chi connectivity index (χ3n) is 3.78. The summed E-state index contributed by atoms with van der Waals surface area (Å²) in [4.78, 5) is 39.5. The van der Waals surface area contributed by atoms with Crippen LogP contribution in [0.15, 0.2) is 42.5 Å². The van der Waals surface area contributed by atoms with Crippen molar-refractivity contribution in [2.75, 3.05) is 19.8 Å². The lowest BCUT2D eigenvalue weighted by Crippen LogP contribution is -2.53. The highest BCUT2D eigenvalue weighted by Gasteiger charge is 2.60. The summed E-state index contributed by atoms with van der Waals surface area (Å²) in [5.74, 6) is -2.99. The van der Waals surface area contributed by atoms with E-state index < -0.39 is 23.3 Å². The number of hydrogen-bond donors (Lipinski definition) is 0. The molecule has 2 aromatic rings. The van der Waals surface area contributed by atoms with E-state index in [9.17, 15) is 14.4 Å². The van der Waals surface area contributed by atoms with Crippen molar-refractivity contribution in [3.63, 3.8) is 0 Å². The smallest absolute Gasteiger partial charge is 0.340 e. The summed E-state index contributed by atoms with van der Waals surface area (Å²) >= 11 is 1.15. The van der Waals surface area contributed by atoms with Crippen molar-refractivity contribution in [2.45, 2.75) is 26.2 Å². The van der Waals surface area contributed by atoms with E-state index >= 15 is 0 Å². The van der Waals surface area contributed by atoms with Crippen LogP contribution in [-0.4, -0.2) is 37.7 Å². The Labute approximate surface area is 162 Å². The van der Waals surface area contributed by atoms with Crippen LogP contribution >= 0.6 is 11.3 Å². The maximum Gasteiger partial charge on any atom is 0.340 e. The van der Waals surface area contributed by atoms with Gasteiger partial charge >= 0.3 is 17.9 Å². The predicted octanol–water partition coefficient (Wildman–Crippen LogP) is 3.34. The molecule has 0 aliphatic heterocycles. The molecule has 0 aliphatic rings. The molecule has 0 fully saturated rings. The Kier molecular flexibility index (Phi) is 7.12. The molecule has 0 unspecified atom stereocenters. The minimum atomic E-state index is -2.29. The molecule has 2 rings (SSSR count). The molecule has 0 saturated carbocycles. The van der Waals surface area contributed by atoms with Gasteiger partial charge in [0.15, 0.2) is 0 Å². The van der Waals surface area contributed by atoms with E-state index in [0.29, 0.717) is 0 Å². The van der Waals surface area contributed by atoms with Gasteiger partial charge in [-0.1, -0.05) is 30.3 Å². The number of esters is 3. The molecule has 0 bridgehead atoms. The molecule has 144 valence electrons. The molecule has 0 saturated heterocycles. The largest absolute Gasteiger partial charge is 0.464 e. The van der Waals surface area contributed by atoms with Crippen LogP contribution in [0.5, 0.6) is 0 Å². The van der Waals surface area contributed by atoms with E-state index in [1.54, 1.807) is 32.9 Å². The minimum Gasteiger partial charge on any atom is -0.464 e. The van der Waals surface area contributed by atoms with E-state index in [1.807, 2.05) is 30.3 Å². The number of ether oxygens (including phenoxy) is 3. The molecule has 0 atom stereocenters. The fourth-order valence-electron chi connectivity index (χ4n) is 2.57. The van der Waals surface area contributed by atoms with Crippen LogP contribution in [-0.2, 0) is 34.0 Å². The molecule has 0 radical (unpaired) electrons. The van der Waals surface area contributed by atoms with Crippen LogP contribution in [0, 0.1) is 0 Å². The maximum atomic E-state index is 12.8. The number of carbonyl (C=O) groups is 3. The van der Waals surface area contributed by atoms with E-state index in [0.717, 1.165) is 21.8 Å². The summed E-state index contributed by atoms with van der Waals surface area (Å²) in [5.41, 5.74) is -1.39. The Hall–Kier alpha value is -2.67. The monoisotopic (exact) mass is 390 g/mol. The summed E-state index contributed by atoms with van der Waals surface area (Å²) in [6, 6.07) is 12.8. The van der Waals surface area contributed by atoms with Gasteiger partial charge < -0.3 is 14.2 Å². The van der Waals surface area contributed by atoms with Crippen molar-refractivity contribution in [1.82, 2.24) is 0 Å². The van der Waals surface area contributed by atoms with Crippen LogP contribution < -0.4 is 0 Å². The molecular formula is C20H22O6S. The Bertz CT molecular complexity index is 750. The first-order valence-corrected chi connectivity index (χ1v) is 9.51. The van der Waals surface area contributed by atoms with Gasteiger partial charge in [0, 0.05) is 9.75 Å². The van der Waals surface area contributed by atoms with Crippen LogP contribution in [0.1, 0.15) is 25.6 Å².